The summed E-state index contributed by atoms with van der Waals surface area (Å²) in [6.07, 6.45) is 7.15. The second-order valence-corrected chi connectivity index (χ2v) is 26.5. The molecule has 0 fully saturated rings. The SMILES string of the molecule is CC(C)(C)Cc1cc(-c2[c-]cccc2)ncc1[Si](C)(C)C.CC(C)c1cc(-c2ccccc2)cc(C(C)C)c1-n1c(-c2[c-]ccc3c2oc2ccccc23)nc2c(C(C)(C)C)cncc21.[Ir]. The maximum absolute atomic E-state index is 6.55. The van der Waals surface area contributed by atoms with Crippen molar-refractivity contribution < 1.29 is 24.5 Å². The van der Waals surface area contributed by atoms with E-state index in [-0.39, 0.29) is 42.8 Å². The summed E-state index contributed by atoms with van der Waals surface area (Å²) < 4.78 is 8.90. The number of aromatic nitrogens is 4. The van der Waals surface area contributed by atoms with Crippen molar-refractivity contribution in [2.45, 2.75) is 113 Å². The minimum absolute atomic E-state index is 0. The van der Waals surface area contributed by atoms with E-state index in [4.69, 9.17) is 19.4 Å². The molecule has 0 atom stereocenters. The Hall–Kier alpha value is -5.46. The molecule has 0 saturated carbocycles. The molecule has 0 N–H and O–H groups in total. The summed E-state index contributed by atoms with van der Waals surface area (Å²) in [6.45, 7) is 29.9. The van der Waals surface area contributed by atoms with Gasteiger partial charge in [0.15, 0.2) is 0 Å². The van der Waals surface area contributed by atoms with Crippen LogP contribution in [-0.2, 0) is 31.9 Å². The molecule has 4 aromatic heterocycles. The van der Waals surface area contributed by atoms with Crippen molar-refractivity contribution in [2.24, 2.45) is 5.41 Å². The molecule has 1 radical (unpaired) electrons. The number of hydrogen-bond acceptors (Lipinski definition) is 4. The van der Waals surface area contributed by atoms with Gasteiger partial charge in [0.05, 0.1) is 36.7 Å². The quantitative estimate of drug-likeness (QED) is 0.112. The maximum Gasteiger partial charge on any atom is 0.120 e. The van der Waals surface area contributed by atoms with Gasteiger partial charge < -0.3 is 14.0 Å². The fourth-order valence-electron chi connectivity index (χ4n) is 9.00. The normalized spacial score (nSPS) is 12.2. The molecule has 9 aromatic rings. The molecule has 0 spiro atoms. The minimum Gasteiger partial charge on any atom is -0.501 e. The third-order valence-electron chi connectivity index (χ3n) is 12.2. The Morgan fingerprint density at radius 3 is 1.98 bits per heavy atom. The van der Waals surface area contributed by atoms with Gasteiger partial charge in [-0.2, -0.15) is 0 Å². The largest absolute Gasteiger partial charge is 0.501 e. The molecule has 0 aliphatic carbocycles. The topological polar surface area (TPSA) is 56.7 Å². The summed E-state index contributed by atoms with van der Waals surface area (Å²) in [5.74, 6) is 1.35. The van der Waals surface area contributed by atoms with Crippen LogP contribution in [0, 0.1) is 17.5 Å². The van der Waals surface area contributed by atoms with Crippen LogP contribution in [0.2, 0.25) is 19.6 Å². The van der Waals surface area contributed by atoms with Crippen LogP contribution < -0.4 is 5.19 Å². The fourth-order valence-corrected chi connectivity index (χ4v) is 10.6. The van der Waals surface area contributed by atoms with Crippen LogP contribution in [0.1, 0.15) is 103 Å². The van der Waals surface area contributed by atoms with E-state index >= 15 is 0 Å². The zero-order valence-electron chi connectivity index (χ0n) is 41.0. The van der Waals surface area contributed by atoms with Gasteiger partial charge in [-0.3, -0.25) is 9.97 Å². The standard InChI is InChI=1S/C40H38N3O.C19H26NSi.Ir/c1-24(2)31-20-27(26-14-9-8-10-15-26)21-32(25(3)4)37(31)43-34-23-41-22-33(40(5,6)7)36(34)42-39(43)30-18-13-17-29-28-16-11-12-19-35(28)44-38(29)30;1-19(2,3)13-16-12-17(15-10-8-7-9-11-15)20-14-18(16)21(4,5)6;/h8-17,19-25H,1-7H3;7-10,12,14H,13H2,1-6H3;/q2*-1;. The summed E-state index contributed by atoms with van der Waals surface area (Å²) in [5, 5.41) is 3.64. The van der Waals surface area contributed by atoms with E-state index in [0.29, 0.717) is 0 Å². The van der Waals surface area contributed by atoms with E-state index < -0.39 is 8.07 Å². The number of furan rings is 1. The Kier molecular flexibility index (Phi) is 14.0. The number of pyridine rings is 2. The summed E-state index contributed by atoms with van der Waals surface area (Å²) in [6, 6.07) is 44.9. The Morgan fingerprint density at radius 1 is 0.697 bits per heavy atom. The Morgan fingerprint density at radius 2 is 1.36 bits per heavy atom. The summed E-state index contributed by atoms with van der Waals surface area (Å²) in [7, 11) is -1.37. The first-order chi connectivity index (χ1) is 30.8. The summed E-state index contributed by atoms with van der Waals surface area (Å²) >= 11 is 0. The Bertz CT molecular complexity index is 3100. The molecule has 0 aliphatic rings. The van der Waals surface area contributed by atoms with E-state index in [1.165, 1.54) is 38.7 Å². The summed E-state index contributed by atoms with van der Waals surface area (Å²) in [4.78, 5) is 15.0. The van der Waals surface area contributed by atoms with Crippen molar-refractivity contribution in [2.75, 3.05) is 0 Å². The summed E-state index contributed by atoms with van der Waals surface area (Å²) in [5.41, 5.74) is 15.5. The smallest absolute Gasteiger partial charge is 0.120 e. The fraction of sp³-hybridized carbons (Fsp3) is 0.305. The van der Waals surface area contributed by atoms with E-state index in [1.54, 1.807) is 0 Å². The van der Waals surface area contributed by atoms with E-state index in [0.717, 1.165) is 67.6 Å². The van der Waals surface area contributed by atoms with Crippen molar-refractivity contribution >= 4 is 46.2 Å². The van der Waals surface area contributed by atoms with Crippen molar-refractivity contribution in [3.8, 4) is 39.5 Å². The van der Waals surface area contributed by atoms with E-state index in [1.807, 2.05) is 48.8 Å². The first-order valence-corrected chi connectivity index (χ1v) is 26.7. The molecule has 5 aromatic carbocycles. The second-order valence-electron chi connectivity index (χ2n) is 21.4. The third-order valence-corrected chi connectivity index (χ3v) is 14.3. The molecule has 5 nitrogen and oxygen atoms in total. The monoisotopic (exact) mass is 1070 g/mol. The Labute approximate surface area is 407 Å². The zero-order chi connectivity index (χ0) is 46.4. The van der Waals surface area contributed by atoms with Crippen LogP contribution in [0.15, 0.2) is 132 Å². The van der Waals surface area contributed by atoms with Crippen LogP contribution in [0.25, 0.3) is 72.4 Å². The minimum atomic E-state index is -1.37. The van der Waals surface area contributed by atoms with Crippen molar-refractivity contribution in [1.29, 1.82) is 0 Å². The van der Waals surface area contributed by atoms with Gasteiger partial charge in [0.1, 0.15) is 5.58 Å². The van der Waals surface area contributed by atoms with Crippen molar-refractivity contribution in [1.82, 2.24) is 19.5 Å². The van der Waals surface area contributed by atoms with Gasteiger partial charge in [-0.05, 0) is 80.4 Å². The molecule has 4 heterocycles. The molecular formula is C59H64IrN4OSi-2. The molecule has 66 heavy (non-hydrogen) atoms. The first-order valence-electron chi connectivity index (χ1n) is 23.2. The van der Waals surface area contributed by atoms with Gasteiger partial charge in [0.2, 0.25) is 0 Å². The van der Waals surface area contributed by atoms with Crippen LogP contribution >= 0.6 is 0 Å². The molecular weight excluding hydrogens is 1000 g/mol. The zero-order valence-corrected chi connectivity index (χ0v) is 44.4. The van der Waals surface area contributed by atoms with Gasteiger partial charge >= 0.3 is 0 Å². The molecule has 7 heteroatoms. The molecule has 0 saturated heterocycles. The van der Waals surface area contributed by atoms with Crippen molar-refractivity contribution in [3.63, 3.8) is 0 Å². The number of hydrogen-bond donors (Lipinski definition) is 0. The number of para-hydroxylation sites is 1. The van der Waals surface area contributed by atoms with Crippen molar-refractivity contribution in [3.05, 3.63) is 162 Å². The molecule has 0 bridgehead atoms. The molecule has 341 valence electrons. The number of rotatable bonds is 8. The average molecular weight is 1070 g/mol. The second kappa shape index (κ2) is 19.0. The van der Waals surface area contributed by atoms with Gasteiger partial charge in [0.25, 0.3) is 0 Å². The van der Waals surface area contributed by atoms with Crippen LogP contribution in [0.5, 0.6) is 0 Å². The van der Waals surface area contributed by atoms with E-state index in [2.05, 4.69) is 185 Å². The number of fused-ring (bicyclic) bond motifs is 4. The first kappa shape index (κ1) is 48.5. The van der Waals surface area contributed by atoms with Crippen LogP contribution in [0.4, 0.5) is 0 Å². The predicted octanol–water partition coefficient (Wildman–Crippen LogP) is 15.7. The van der Waals surface area contributed by atoms with Crippen LogP contribution in [0.3, 0.4) is 0 Å². The van der Waals surface area contributed by atoms with Gasteiger partial charge in [0, 0.05) is 49.1 Å². The number of nitrogens with zero attached hydrogens (tertiary/aromatic N) is 4. The van der Waals surface area contributed by atoms with E-state index in [9.17, 15) is 0 Å². The Balaban J connectivity index is 0.000000249. The van der Waals surface area contributed by atoms with Crippen LogP contribution in [-0.4, -0.2) is 27.6 Å². The average Bonchev–Trinajstić information content (AvgIpc) is 3.84. The number of benzene rings is 5. The van der Waals surface area contributed by atoms with Gasteiger partial charge in [-0.1, -0.05) is 160 Å². The molecule has 0 unspecified atom stereocenters. The molecule has 0 aliphatic heterocycles. The number of imidazole rings is 1. The predicted molar refractivity (Wildman–Crippen MR) is 277 cm³/mol. The molecule has 9 rings (SSSR count). The van der Waals surface area contributed by atoms with Gasteiger partial charge in [-0.25, -0.2) is 0 Å². The third kappa shape index (κ3) is 9.95. The maximum atomic E-state index is 6.55. The van der Waals surface area contributed by atoms with Gasteiger partial charge in [-0.15, -0.1) is 54.1 Å². The molecule has 0 amide bonds.